The third-order valence-electron chi connectivity index (χ3n) is 2.30. The highest BCUT2D eigenvalue weighted by molar-refractivity contribution is 5.77. The second-order valence-electron chi connectivity index (χ2n) is 3.81. The Hall–Kier alpha value is -1.85. The van der Waals surface area contributed by atoms with E-state index >= 15 is 0 Å². The van der Waals surface area contributed by atoms with Crippen molar-refractivity contribution in [1.82, 2.24) is 15.5 Å². The summed E-state index contributed by atoms with van der Waals surface area (Å²) in [5.41, 5.74) is 0.786. The van der Waals surface area contributed by atoms with Crippen molar-refractivity contribution in [2.45, 2.75) is 32.1 Å². The normalized spacial score (nSPS) is 10.1. The molecule has 0 aliphatic carbocycles. The second kappa shape index (κ2) is 7.43. The molecule has 1 rings (SSSR count). The summed E-state index contributed by atoms with van der Waals surface area (Å²) in [6, 6.07) is 1.76. The summed E-state index contributed by atoms with van der Waals surface area (Å²) in [5, 5.41) is 17.7. The zero-order valence-corrected chi connectivity index (χ0v) is 9.61. The van der Waals surface area contributed by atoms with Gasteiger partial charge in [0.2, 0.25) is 5.91 Å². The summed E-state index contributed by atoms with van der Waals surface area (Å²) in [6.07, 6.45) is 4.39. The molecule has 1 aromatic rings. The molecule has 0 atom stereocenters. The van der Waals surface area contributed by atoms with Crippen molar-refractivity contribution in [2.75, 3.05) is 6.54 Å². The lowest BCUT2D eigenvalue weighted by Gasteiger charge is -2.03. The van der Waals surface area contributed by atoms with E-state index in [2.05, 4.69) is 15.5 Å². The maximum Gasteiger partial charge on any atom is 0.303 e. The predicted octanol–water partition coefficient (Wildman–Crippen LogP) is 0.713. The minimum Gasteiger partial charge on any atom is -0.481 e. The van der Waals surface area contributed by atoms with E-state index in [-0.39, 0.29) is 12.3 Å². The fourth-order valence-corrected chi connectivity index (χ4v) is 1.42. The number of rotatable bonds is 8. The summed E-state index contributed by atoms with van der Waals surface area (Å²) in [7, 11) is 0. The van der Waals surface area contributed by atoms with Crippen LogP contribution in [-0.2, 0) is 16.0 Å². The molecule has 6 heteroatoms. The highest BCUT2D eigenvalue weighted by atomic mass is 16.4. The molecule has 0 bridgehead atoms. The largest absolute Gasteiger partial charge is 0.481 e. The standard InChI is InChI=1S/C11H17N3O3/c15-10(8-9-5-7-13-14-9)12-6-3-1-2-4-11(16)17/h5,7H,1-4,6,8H2,(H,12,15)(H,13,14)(H,16,17). The number of nitrogens with zero attached hydrogens (tertiary/aromatic N) is 1. The van der Waals surface area contributed by atoms with Gasteiger partial charge in [0.25, 0.3) is 0 Å². The van der Waals surface area contributed by atoms with E-state index in [9.17, 15) is 9.59 Å². The van der Waals surface area contributed by atoms with Crippen LogP contribution in [0, 0.1) is 0 Å². The first-order valence-electron chi connectivity index (χ1n) is 5.65. The van der Waals surface area contributed by atoms with Crippen LogP contribution in [0.1, 0.15) is 31.4 Å². The Labute approximate surface area is 99.4 Å². The van der Waals surface area contributed by atoms with Crippen LogP contribution in [-0.4, -0.2) is 33.7 Å². The van der Waals surface area contributed by atoms with Crippen LogP contribution in [0.15, 0.2) is 12.3 Å². The van der Waals surface area contributed by atoms with Crippen LogP contribution in [0.25, 0.3) is 0 Å². The van der Waals surface area contributed by atoms with E-state index in [0.29, 0.717) is 19.4 Å². The second-order valence-corrected chi connectivity index (χ2v) is 3.81. The van der Waals surface area contributed by atoms with E-state index in [1.165, 1.54) is 0 Å². The van der Waals surface area contributed by atoms with E-state index in [1.807, 2.05) is 0 Å². The lowest BCUT2D eigenvalue weighted by atomic mass is 10.2. The average Bonchev–Trinajstić information content (AvgIpc) is 2.75. The molecule has 1 aromatic heterocycles. The number of hydrogen-bond donors (Lipinski definition) is 3. The van der Waals surface area contributed by atoms with Gasteiger partial charge >= 0.3 is 5.97 Å². The molecular weight excluding hydrogens is 222 g/mol. The van der Waals surface area contributed by atoms with Gasteiger partial charge in [0.15, 0.2) is 0 Å². The Morgan fingerprint density at radius 1 is 1.35 bits per heavy atom. The average molecular weight is 239 g/mol. The smallest absolute Gasteiger partial charge is 0.303 e. The van der Waals surface area contributed by atoms with E-state index in [4.69, 9.17) is 5.11 Å². The number of carboxylic acid groups (broad SMARTS) is 1. The van der Waals surface area contributed by atoms with Crippen LogP contribution in [0.2, 0.25) is 0 Å². The van der Waals surface area contributed by atoms with E-state index < -0.39 is 5.97 Å². The van der Waals surface area contributed by atoms with Gasteiger partial charge in [-0.25, -0.2) is 0 Å². The first kappa shape index (κ1) is 13.2. The van der Waals surface area contributed by atoms with Gasteiger partial charge in [0.05, 0.1) is 6.42 Å². The first-order valence-corrected chi connectivity index (χ1v) is 5.65. The van der Waals surface area contributed by atoms with Crippen molar-refractivity contribution in [3.63, 3.8) is 0 Å². The van der Waals surface area contributed by atoms with Gasteiger partial charge in [-0.3, -0.25) is 14.7 Å². The quantitative estimate of drug-likeness (QED) is 0.582. The Morgan fingerprint density at radius 3 is 2.82 bits per heavy atom. The molecule has 1 heterocycles. The molecule has 94 valence electrons. The number of unbranched alkanes of at least 4 members (excludes halogenated alkanes) is 2. The predicted molar refractivity (Wildman–Crippen MR) is 61.4 cm³/mol. The van der Waals surface area contributed by atoms with Crippen molar-refractivity contribution < 1.29 is 14.7 Å². The monoisotopic (exact) mass is 239 g/mol. The van der Waals surface area contributed by atoms with Crippen LogP contribution in [0.3, 0.4) is 0 Å². The number of amides is 1. The van der Waals surface area contributed by atoms with Gasteiger partial charge in [0.1, 0.15) is 0 Å². The number of aromatic amines is 1. The van der Waals surface area contributed by atoms with E-state index in [1.54, 1.807) is 12.3 Å². The number of carboxylic acids is 1. The zero-order chi connectivity index (χ0) is 12.5. The molecule has 0 aromatic carbocycles. The summed E-state index contributed by atoms with van der Waals surface area (Å²) in [4.78, 5) is 21.6. The molecule has 0 spiro atoms. The molecular formula is C11H17N3O3. The van der Waals surface area contributed by atoms with Crippen LogP contribution < -0.4 is 5.32 Å². The lowest BCUT2D eigenvalue weighted by Crippen LogP contribution is -2.26. The Balaban J connectivity index is 1.99. The number of aromatic nitrogens is 2. The van der Waals surface area contributed by atoms with Crippen molar-refractivity contribution >= 4 is 11.9 Å². The molecule has 0 saturated carbocycles. The summed E-state index contributed by atoms with van der Waals surface area (Å²) >= 11 is 0. The van der Waals surface area contributed by atoms with Crippen molar-refractivity contribution in [3.8, 4) is 0 Å². The minimum absolute atomic E-state index is 0.0486. The van der Waals surface area contributed by atoms with Crippen LogP contribution in [0.4, 0.5) is 0 Å². The SMILES string of the molecule is O=C(O)CCCCCNC(=O)Cc1ccn[nH]1. The molecule has 1 amide bonds. The van der Waals surface area contributed by atoms with Crippen molar-refractivity contribution in [3.05, 3.63) is 18.0 Å². The van der Waals surface area contributed by atoms with Gasteiger partial charge in [-0.15, -0.1) is 0 Å². The summed E-state index contributed by atoms with van der Waals surface area (Å²) in [5.74, 6) is -0.819. The number of nitrogens with one attached hydrogen (secondary N) is 2. The van der Waals surface area contributed by atoms with Gasteiger partial charge in [-0.1, -0.05) is 6.42 Å². The highest BCUT2D eigenvalue weighted by Crippen LogP contribution is 1.99. The van der Waals surface area contributed by atoms with Crippen molar-refractivity contribution in [1.29, 1.82) is 0 Å². The maximum absolute atomic E-state index is 11.4. The Morgan fingerprint density at radius 2 is 2.18 bits per heavy atom. The number of hydrogen-bond acceptors (Lipinski definition) is 3. The van der Waals surface area contributed by atoms with Crippen LogP contribution >= 0.6 is 0 Å². The fraction of sp³-hybridized carbons (Fsp3) is 0.545. The van der Waals surface area contributed by atoms with Gasteiger partial charge in [0, 0.05) is 24.9 Å². The lowest BCUT2D eigenvalue weighted by molar-refractivity contribution is -0.137. The van der Waals surface area contributed by atoms with E-state index in [0.717, 1.165) is 18.5 Å². The number of H-pyrrole nitrogens is 1. The van der Waals surface area contributed by atoms with Crippen molar-refractivity contribution in [2.24, 2.45) is 0 Å². The molecule has 0 saturated heterocycles. The molecule has 0 unspecified atom stereocenters. The molecule has 0 aliphatic heterocycles. The maximum atomic E-state index is 11.4. The number of carbonyl (C=O) groups is 2. The van der Waals surface area contributed by atoms with Gasteiger partial charge in [-0.2, -0.15) is 5.10 Å². The zero-order valence-electron chi connectivity index (χ0n) is 9.61. The van der Waals surface area contributed by atoms with Gasteiger partial charge in [-0.05, 0) is 18.9 Å². The molecule has 0 radical (unpaired) electrons. The van der Waals surface area contributed by atoms with Gasteiger partial charge < -0.3 is 10.4 Å². The van der Waals surface area contributed by atoms with Crippen LogP contribution in [0.5, 0.6) is 0 Å². The third kappa shape index (κ3) is 6.34. The topological polar surface area (TPSA) is 95.1 Å². The molecule has 3 N–H and O–H groups in total. The summed E-state index contributed by atoms with van der Waals surface area (Å²) in [6.45, 7) is 0.590. The first-order chi connectivity index (χ1) is 8.18. The number of carbonyl (C=O) groups excluding carboxylic acids is 1. The molecule has 6 nitrogen and oxygen atoms in total. The number of aliphatic carboxylic acids is 1. The Bertz CT molecular complexity index is 349. The third-order valence-corrected chi connectivity index (χ3v) is 2.30. The molecule has 0 aliphatic rings. The Kier molecular flexibility index (Phi) is 5.77. The molecule has 0 fully saturated rings. The fourth-order valence-electron chi connectivity index (χ4n) is 1.42. The highest BCUT2D eigenvalue weighted by Gasteiger charge is 2.03. The summed E-state index contributed by atoms with van der Waals surface area (Å²) < 4.78 is 0. The molecule has 17 heavy (non-hydrogen) atoms. The minimum atomic E-state index is -0.770.